The molecule has 0 aromatic rings. The lowest BCUT2D eigenvalue weighted by molar-refractivity contribution is 1.35. The van der Waals surface area contributed by atoms with Crippen molar-refractivity contribution in [2.75, 3.05) is 5.75 Å². The molecular weight excluding hydrogens is 183 g/mol. The molecule has 0 heterocycles. The Bertz CT molecular complexity index is 58.0. The van der Waals surface area contributed by atoms with Gasteiger partial charge in [0.2, 0.25) is 0 Å². The van der Waals surface area contributed by atoms with Crippen LogP contribution >= 0.6 is 47.6 Å². The first kappa shape index (κ1) is 9.28. The van der Waals surface area contributed by atoms with E-state index >= 15 is 0 Å². The Labute approximate surface area is 69.7 Å². The third kappa shape index (κ3) is 5.42. The lowest BCUT2D eigenvalue weighted by Crippen LogP contribution is -1.96. The van der Waals surface area contributed by atoms with Crippen molar-refractivity contribution in [2.24, 2.45) is 0 Å². The highest BCUT2D eigenvalue weighted by atomic mass is 35.5. The molecule has 0 aromatic heterocycles. The van der Waals surface area contributed by atoms with Crippen molar-refractivity contribution in [1.82, 2.24) is 0 Å². The van der Waals surface area contributed by atoms with Gasteiger partial charge in [-0.05, 0) is 6.92 Å². The third-order valence-electron chi connectivity index (χ3n) is 0.479. The summed E-state index contributed by atoms with van der Waals surface area (Å²) in [5, 5.41) is 0. The van der Waals surface area contributed by atoms with E-state index in [9.17, 15) is 0 Å². The van der Waals surface area contributed by atoms with Gasteiger partial charge in [0.15, 0.2) is 0 Å². The highest BCUT2D eigenvalue weighted by molar-refractivity contribution is 8.03. The maximum Gasteiger partial charge on any atom is 0.0891 e. The summed E-state index contributed by atoms with van der Waals surface area (Å²) in [7, 11) is 0. The molecule has 0 amide bonds. The van der Waals surface area contributed by atoms with Crippen LogP contribution in [0.5, 0.6) is 0 Å². The highest BCUT2D eigenvalue weighted by Gasteiger charge is 2.04. The van der Waals surface area contributed by atoms with Gasteiger partial charge in [0.05, 0.1) is 9.42 Å². The molecule has 0 aromatic carbocycles. The minimum atomic E-state index is 0.0471. The molecule has 2 atom stereocenters. The van der Waals surface area contributed by atoms with Crippen LogP contribution in [0.3, 0.4) is 0 Å². The van der Waals surface area contributed by atoms with Gasteiger partial charge in [0, 0.05) is 5.75 Å². The SMILES string of the molecule is CC(Cl)SC(Cl)CS. The van der Waals surface area contributed by atoms with Gasteiger partial charge in [0.25, 0.3) is 0 Å². The van der Waals surface area contributed by atoms with Crippen LogP contribution in [0.25, 0.3) is 0 Å². The van der Waals surface area contributed by atoms with Crippen LogP contribution in [-0.2, 0) is 0 Å². The number of hydrogen-bond donors (Lipinski definition) is 1. The first-order valence-corrected chi connectivity index (χ1v) is 4.66. The van der Waals surface area contributed by atoms with E-state index in [-0.39, 0.29) is 9.42 Å². The van der Waals surface area contributed by atoms with E-state index < -0.39 is 0 Å². The molecule has 0 spiro atoms. The highest BCUT2D eigenvalue weighted by Crippen LogP contribution is 2.23. The molecule has 0 nitrogen and oxygen atoms in total. The summed E-state index contributed by atoms with van der Waals surface area (Å²) in [5.41, 5.74) is 0. The quantitative estimate of drug-likeness (QED) is 0.528. The summed E-state index contributed by atoms with van der Waals surface area (Å²) >= 11 is 16.7. The maximum absolute atomic E-state index is 5.66. The predicted octanol–water partition coefficient (Wildman–Crippen LogP) is 2.80. The molecule has 2 unspecified atom stereocenters. The molecule has 50 valence electrons. The summed E-state index contributed by atoms with van der Waals surface area (Å²) in [5.74, 6) is 0.670. The molecule has 0 aliphatic rings. The Morgan fingerprint density at radius 3 is 2.25 bits per heavy atom. The van der Waals surface area contributed by atoms with Gasteiger partial charge in [0.1, 0.15) is 0 Å². The molecule has 0 saturated carbocycles. The second-order valence-corrected chi connectivity index (χ2v) is 4.88. The van der Waals surface area contributed by atoms with Gasteiger partial charge in [-0.3, -0.25) is 0 Å². The number of halogens is 2. The summed E-state index contributed by atoms with van der Waals surface area (Å²) in [6.07, 6.45) is 0. The van der Waals surface area contributed by atoms with Crippen molar-refractivity contribution in [3.63, 3.8) is 0 Å². The fraction of sp³-hybridized carbons (Fsp3) is 1.00. The molecule has 0 bridgehead atoms. The Morgan fingerprint density at radius 1 is 1.62 bits per heavy atom. The Balaban J connectivity index is 3.10. The lowest BCUT2D eigenvalue weighted by atomic mass is 10.9. The van der Waals surface area contributed by atoms with E-state index in [4.69, 9.17) is 23.2 Å². The van der Waals surface area contributed by atoms with Crippen molar-refractivity contribution >= 4 is 47.6 Å². The zero-order valence-electron chi connectivity index (χ0n) is 4.47. The van der Waals surface area contributed by atoms with Crippen LogP contribution in [0.2, 0.25) is 0 Å². The summed E-state index contributed by atoms with van der Waals surface area (Å²) in [6, 6.07) is 0. The average molecular weight is 191 g/mol. The molecule has 0 N–H and O–H groups in total. The van der Waals surface area contributed by atoms with Crippen molar-refractivity contribution in [2.45, 2.75) is 16.3 Å². The number of rotatable bonds is 3. The normalized spacial score (nSPS) is 18.0. The molecular formula is C4H8Cl2S2. The van der Waals surface area contributed by atoms with Crippen LogP contribution in [0.1, 0.15) is 6.92 Å². The first-order chi connectivity index (χ1) is 3.66. The Hall–Kier alpha value is 1.28. The zero-order valence-corrected chi connectivity index (χ0v) is 7.70. The zero-order chi connectivity index (χ0) is 6.57. The second-order valence-electron chi connectivity index (χ2n) is 1.27. The van der Waals surface area contributed by atoms with E-state index in [1.54, 1.807) is 0 Å². The average Bonchev–Trinajstić information content (AvgIpc) is 1.65. The number of hydrogen-bond acceptors (Lipinski definition) is 2. The summed E-state index contributed by atoms with van der Waals surface area (Å²) in [4.78, 5) is 0. The summed E-state index contributed by atoms with van der Waals surface area (Å²) < 4.78 is 0.135. The number of thioether (sulfide) groups is 1. The minimum absolute atomic E-state index is 0.0471. The fourth-order valence-electron chi connectivity index (χ4n) is 0.247. The van der Waals surface area contributed by atoms with Gasteiger partial charge in [-0.25, -0.2) is 0 Å². The van der Waals surface area contributed by atoms with Crippen molar-refractivity contribution < 1.29 is 0 Å². The van der Waals surface area contributed by atoms with Gasteiger partial charge in [-0.1, -0.05) is 0 Å². The van der Waals surface area contributed by atoms with Gasteiger partial charge >= 0.3 is 0 Å². The van der Waals surface area contributed by atoms with Gasteiger partial charge in [-0.15, -0.1) is 35.0 Å². The molecule has 0 radical (unpaired) electrons. The molecule has 0 fully saturated rings. The van der Waals surface area contributed by atoms with E-state index in [0.717, 1.165) is 0 Å². The molecule has 0 aliphatic heterocycles. The molecule has 0 aliphatic carbocycles. The van der Waals surface area contributed by atoms with Gasteiger partial charge < -0.3 is 0 Å². The van der Waals surface area contributed by atoms with Crippen LogP contribution in [0.4, 0.5) is 0 Å². The van der Waals surface area contributed by atoms with E-state index in [1.165, 1.54) is 11.8 Å². The van der Waals surface area contributed by atoms with Crippen LogP contribution in [0, 0.1) is 0 Å². The lowest BCUT2D eigenvalue weighted by Gasteiger charge is -2.05. The standard InChI is InChI=1S/C4H8Cl2S2/c1-3(5)8-4(6)2-7/h3-4,7H,2H2,1H3. The number of alkyl halides is 2. The van der Waals surface area contributed by atoms with Gasteiger partial charge in [-0.2, -0.15) is 12.6 Å². The van der Waals surface area contributed by atoms with Crippen molar-refractivity contribution in [1.29, 1.82) is 0 Å². The Morgan fingerprint density at radius 2 is 2.12 bits per heavy atom. The minimum Gasteiger partial charge on any atom is -0.177 e. The maximum atomic E-state index is 5.66. The molecule has 4 heteroatoms. The van der Waals surface area contributed by atoms with Crippen molar-refractivity contribution in [3.8, 4) is 0 Å². The molecule has 0 rings (SSSR count). The number of thiol groups is 1. The molecule has 0 saturated heterocycles. The van der Waals surface area contributed by atoms with E-state index in [2.05, 4.69) is 12.6 Å². The van der Waals surface area contributed by atoms with Crippen LogP contribution < -0.4 is 0 Å². The third-order valence-corrected chi connectivity index (χ3v) is 2.91. The topological polar surface area (TPSA) is 0 Å². The van der Waals surface area contributed by atoms with Crippen LogP contribution in [-0.4, -0.2) is 15.2 Å². The van der Waals surface area contributed by atoms with Crippen LogP contribution in [0.15, 0.2) is 0 Å². The fourth-order valence-corrected chi connectivity index (χ4v) is 1.99. The molecule has 8 heavy (non-hydrogen) atoms. The smallest absolute Gasteiger partial charge is 0.0891 e. The Kier molecular flexibility index (Phi) is 5.91. The van der Waals surface area contributed by atoms with E-state index in [0.29, 0.717) is 5.75 Å². The largest absolute Gasteiger partial charge is 0.177 e. The second kappa shape index (κ2) is 5.10. The predicted molar refractivity (Wildman–Crippen MR) is 46.4 cm³/mol. The van der Waals surface area contributed by atoms with E-state index in [1.807, 2.05) is 6.92 Å². The van der Waals surface area contributed by atoms with Crippen molar-refractivity contribution in [3.05, 3.63) is 0 Å². The monoisotopic (exact) mass is 190 g/mol. The summed E-state index contributed by atoms with van der Waals surface area (Å²) in [6.45, 7) is 1.89. The first-order valence-electron chi connectivity index (χ1n) is 2.21.